The number of ether oxygens (including phenoxy) is 1. The number of nitrogens with two attached hydrogens (primary N) is 1. The predicted molar refractivity (Wildman–Crippen MR) is 47.1 cm³/mol. The molecule has 0 saturated carbocycles. The minimum Gasteiger partial charge on any atom is -0.395 e. The second-order valence-corrected chi connectivity index (χ2v) is 3.25. The van der Waals surface area contributed by atoms with E-state index in [1.165, 1.54) is 0 Å². The van der Waals surface area contributed by atoms with Crippen LogP contribution in [0.1, 0.15) is 12.8 Å². The predicted octanol–water partition coefficient (Wildman–Crippen LogP) is -1.40. The van der Waals surface area contributed by atoms with Crippen molar-refractivity contribution in [2.75, 3.05) is 26.4 Å². The van der Waals surface area contributed by atoms with Crippen LogP contribution in [0.15, 0.2) is 0 Å². The number of aliphatic hydroxyl groups excluding tert-OH is 1. The van der Waals surface area contributed by atoms with Gasteiger partial charge in [-0.3, -0.25) is 4.79 Å². The van der Waals surface area contributed by atoms with Gasteiger partial charge in [0.15, 0.2) is 0 Å². The van der Waals surface area contributed by atoms with Crippen LogP contribution in [0.3, 0.4) is 0 Å². The topological polar surface area (TPSA) is 84.6 Å². The number of hydrogen-bond donors (Lipinski definition) is 3. The van der Waals surface area contributed by atoms with Crippen LogP contribution in [-0.4, -0.2) is 42.9 Å². The van der Waals surface area contributed by atoms with E-state index in [1.807, 2.05) is 0 Å². The minimum absolute atomic E-state index is 0.0572. The molecular formula is C8H16N2O3. The van der Waals surface area contributed by atoms with Crippen molar-refractivity contribution < 1.29 is 14.6 Å². The van der Waals surface area contributed by atoms with Gasteiger partial charge in [0, 0.05) is 19.8 Å². The Morgan fingerprint density at radius 1 is 1.54 bits per heavy atom. The van der Waals surface area contributed by atoms with Crippen LogP contribution in [0.5, 0.6) is 0 Å². The number of hydrogen-bond acceptors (Lipinski definition) is 4. The maximum atomic E-state index is 11.5. The van der Waals surface area contributed by atoms with Crippen LogP contribution in [0.4, 0.5) is 0 Å². The molecule has 1 rings (SSSR count). The van der Waals surface area contributed by atoms with Crippen molar-refractivity contribution in [1.82, 2.24) is 5.32 Å². The van der Waals surface area contributed by atoms with Gasteiger partial charge in [-0.2, -0.15) is 0 Å². The molecule has 1 aliphatic heterocycles. The van der Waals surface area contributed by atoms with Crippen molar-refractivity contribution in [3.05, 3.63) is 0 Å². The first-order valence-corrected chi connectivity index (χ1v) is 4.45. The van der Waals surface area contributed by atoms with E-state index in [2.05, 4.69) is 5.32 Å². The van der Waals surface area contributed by atoms with Crippen molar-refractivity contribution in [3.63, 3.8) is 0 Å². The molecule has 1 saturated heterocycles. The fourth-order valence-corrected chi connectivity index (χ4v) is 1.31. The second-order valence-electron chi connectivity index (χ2n) is 3.25. The molecule has 5 heteroatoms. The Labute approximate surface area is 77.2 Å². The summed E-state index contributed by atoms with van der Waals surface area (Å²) in [4.78, 5) is 11.5. The zero-order valence-electron chi connectivity index (χ0n) is 7.58. The van der Waals surface area contributed by atoms with E-state index in [4.69, 9.17) is 15.6 Å². The third-order valence-electron chi connectivity index (χ3n) is 2.23. The van der Waals surface area contributed by atoms with Gasteiger partial charge in [-0.1, -0.05) is 0 Å². The Morgan fingerprint density at radius 3 is 2.69 bits per heavy atom. The largest absolute Gasteiger partial charge is 0.395 e. The smallest absolute Gasteiger partial charge is 0.240 e. The lowest BCUT2D eigenvalue weighted by Crippen LogP contribution is -2.57. The highest BCUT2D eigenvalue weighted by atomic mass is 16.5. The highest BCUT2D eigenvalue weighted by molar-refractivity contribution is 5.86. The van der Waals surface area contributed by atoms with E-state index in [9.17, 15) is 4.79 Å². The van der Waals surface area contributed by atoms with Gasteiger partial charge in [-0.15, -0.1) is 0 Å². The van der Waals surface area contributed by atoms with Crippen LogP contribution in [0.25, 0.3) is 0 Å². The standard InChI is InChI=1S/C8H16N2O3/c9-8(1-5-13-6-2-8)7(12)10-3-4-11/h11H,1-6,9H2,(H,10,12). The molecule has 0 aliphatic carbocycles. The van der Waals surface area contributed by atoms with Crippen LogP contribution in [0.2, 0.25) is 0 Å². The van der Waals surface area contributed by atoms with Crippen molar-refractivity contribution in [2.45, 2.75) is 18.4 Å². The lowest BCUT2D eigenvalue weighted by molar-refractivity contribution is -0.129. The maximum Gasteiger partial charge on any atom is 0.240 e. The molecular weight excluding hydrogens is 172 g/mol. The fourth-order valence-electron chi connectivity index (χ4n) is 1.31. The monoisotopic (exact) mass is 188 g/mol. The second kappa shape index (κ2) is 4.55. The average Bonchev–Trinajstić information content (AvgIpc) is 2.15. The Hall–Kier alpha value is -0.650. The van der Waals surface area contributed by atoms with Gasteiger partial charge in [-0.05, 0) is 12.8 Å². The molecule has 0 radical (unpaired) electrons. The van der Waals surface area contributed by atoms with Crippen LogP contribution in [0, 0.1) is 0 Å². The van der Waals surface area contributed by atoms with Crippen molar-refractivity contribution in [1.29, 1.82) is 0 Å². The maximum absolute atomic E-state index is 11.5. The summed E-state index contributed by atoms with van der Waals surface area (Å²) >= 11 is 0. The van der Waals surface area contributed by atoms with Gasteiger partial charge in [0.25, 0.3) is 0 Å². The van der Waals surface area contributed by atoms with Gasteiger partial charge >= 0.3 is 0 Å². The lowest BCUT2D eigenvalue weighted by Gasteiger charge is -2.31. The van der Waals surface area contributed by atoms with Gasteiger partial charge in [0.2, 0.25) is 5.91 Å². The van der Waals surface area contributed by atoms with E-state index >= 15 is 0 Å². The van der Waals surface area contributed by atoms with Gasteiger partial charge in [0.05, 0.1) is 12.1 Å². The van der Waals surface area contributed by atoms with Crippen molar-refractivity contribution >= 4 is 5.91 Å². The van der Waals surface area contributed by atoms with Crippen molar-refractivity contribution in [3.8, 4) is 0 Å². The molecule has 1 amide bonds. The van der Waals surface area contributed by atoms with Crippen molar-refractivity contribution in [2.24, 2.45) is 5.73 Å². The molecule has 0 aromatic rings. The molecule has 1 aliphatic rings. The molecule has 1 heterocycles. The molecule has 0 aromatic heterocycles. The molecule has 0 aromatic carbocycles. The average molecular weight is 188 g/mol. The van der Waals surface area contributed by atoms with Gasteiger partial charge < -0.3 is 20.9 Å². The minimum atomic E-state index is -0.798. The van der Waals surface area contributed by atoms with E-state index < -0.39 is 5.54 Å². The highest BCUT2D eigenvalue weighted by Crippen LogP contribution is 2.17. The number of carbonyl (C=O) groups is 1. The van der Waals surface area contributed by atoms with Crippen LogP contribution >= 0.6 is 0 Å². The summed E-state index contributed by atoms with van der Waals surface area (Å²) in [7, 11) is 0. The SMILES string of the molecule is NC1(C(=O)NCCO)CCOCC1. The summed E-state index contributed by atoms with van der Waals surface area (Å²) in [5, 5.41) is 11.1. The number of aliphatic hydroxyl groups is 1. The van der Waals surface area contributed by atoms with Gasteiger partial charge in [0.1, 0.15) is 0 Å². The molecule has 0 bridgehead atoms. The quantitative estimate of drug-likeness (QED) is 0.508. The molecule has 0 unspecified atom stereocenters. The van der Waals surface area contributed by atoms with E-state index in [-0.39, 0.29) is 19.1 Å². The summed E-state index contributed by atoms with van der Waals surface area (Å²) < 4.78 is 5.11. The highest BCUT2D eigenvalue weighted by Gasteiger charge is 2.35. The number of carbonyl (C=O) groups excluding carboxylic acids is 1. The molecule has 5 nitrogen and oxygen atoms in total. The third-order valence-corrected chi connectivity index (χ3v) is 2.23. The molecule has 0 spiro atoms. The zero-order valence-corrected chi connectivity index (χ0v) is 7.58. The molecule has 13 heavy (non-hydrogen) atoms. The Kier molecular flexibility index (Phi) is 3.65. The third kappa shape index (κ3) is 2.65. The normalized spacial score (nSPS) is 21.1. The van der Waals surface area contributed by atoms with Crippen LogP contribution < -0.4 is 11.1 Å². The Balaban J connectivity index is 2.42. The first-order chi connectivity index (χ1) is 6.19. The zero-order chi connectivity index (χ0) is 9.73. The Bertz CT molecular complexity index is 178. The number of amides is 1. The number of nitrogens with one attached hydrogen (secondary N) is 1. The lowest BCUT2D eigenvalue weighted by atomic mass is 9.90. The Morgan fingerprint density at radius 2 is 2.15 bits per heavy atom. The first-order valence-electron chi connectivity index (χ1n) is 4.45. The summed E-state index contributed by atoms with van der Waals surface area (Å²) in [5.41, 5.74) is 5.07. The molecule has 4 N–H and O–H groups in total. The first kappa shape index (κ1) is 10.4. The van der Waals surface area contributed by atoms with Gasteiger partial charge in [-0.25, -0.2) is 0 Å². The molecule has 1 fully saturated rings. The van der Waals surface area contributed by atoms with E-state index in [1.54, 1.807) is 0 Å². The summed E-state index contributed by atoms with van der Waals surface area (Å²) in [6.45, 7) is 1.27. The fraction of sp³-hybridized carbons (Fsp3) is 0.875. The molecule has 0 atom stereocenters. The summed E-state index contributed by atoms with van der Waals surface area (Å²) in [6, 6.07) is 0. The molecule has 76 valence electrons. The van der Waals surface area contributed by atoms with E-state index in [0.29, 0.717) is 26.1 Å². The summed E-state index contributed by atoms with van der Waals surface area (Å²) in [6.07, 6.45) is 1.09. The number of rotatable bonds is 3. The van der Waals surface area contributed by atoms with E-state index in [0.717, 1.165) is 0 Å². The summed E-state index contributed by atoms with van der Waals surface area (Å²) in [5.74, 6) is -0.190. The van der Waals surface area contributed by atoms with Crippen LogP contribution in [-0.2, 0) is 9.53 Å².